The molecule has 3 aliphatic carbocycles. The largest absolute Gasteiger partial charge is 0.392 e. The zero-order valence-corrected chi connectivity index (χ0v) is 14.3. The van der Waals surface area contributed by atoms with E-state index in [1.165, 1.54) is 25.7 Å². The third-order valence-electron chi connectivity index (χ3n) is 7.63. The fraction of sp³-hybridized carbons (Fsp3) is 1.00. The lowest BCUT2D eigenvalue weighted by Gasteiger charge is -2.65. The smallest absolute Gasteiger partial charge is 0.0736 e. The standard InChI is InChI=1S/C19H34O2/c1-5-14-17(20)16-13(3)7-6-10-18(16,4)15-9-8-12(2)11-19(14,15)21/h12-17,20-21H,5-11H2,1-4H3. The van der Waals surface area contributed by atoms with Crippen LogP contribution in [0, 0.1) is 35.0 Å². The van der Waals surface area contributed by atoms with Crippen molar-refractivity contribution in [3.63, 3.8) is 0 Å². The maximum absolute atomic E-state index is 11.6. The minimum atomic E-state index is -0.631. The molecule has 3 aliphatic rings. The Hall–Kier alpha value is -0.0800. The highest BCUT2D eigenvalue weighted by Crippen LogP contribution is 2.64. The van der Waals surface area contributed by atoms with Crippen molar-refractivity contribution >= 4 is 0 Å². The average molecular weight is 294 g/mol. The van der Waals surface area contributed by atoms with Crippen LogP contribution in [0.25, 0.3) is 0 Å². The van der Waals surface area contributed by atoms with Crippen LogP contribution in [0.4, 0.5) is 0 Å². The van der Waals surface area contributed by atoms with Crippen LogP contribution >= 0.6 is 0 Å². The van der Waals surface area contributed by atoms with Gasteiger partial charge in [-0.3, -0.25) is 0 Å². The number of hydrogen-bond acceptors (Lipinski definition) is 2. The molecule has 0 radical (unpaired) electrons. The molecule has 0 aromatic heterocycles. The minimum Gasteiger partial charge on any atom is -0.392 e. The second-order valence-corrected chi connectivity index (χ2v) is 8.84. The Morgan fingerprint density at radius 2 is 1.86 bits per heavy atom. The minimum absolute atomic E-state index is 0.0730. The quantitative estimate of drug-likeness (QED) is 0.767. The normalized spacial score (nSPS) is 57.4. The lowest BCUT2D eigenvalue weighted by molar-refractivity contribution is -0.255. The second-order valence-electron chi connectivity index (χ2n) is 8.84. The lowest BCUT2D eigenvalue weighted by atomic mass is 9.42. The molecular formula is C19H34O2. The van der Waals surface area contributed by atoms with Gasteiger partial charge in [0.25, 0.3) is 0 Å². The summed E-state index contributed by atoms with van der Waals surface area (Å²) in [5, 5.41) is 22.8. The van der Waals surface area contributed by atoms with Crippen LogP contribution in [0.15, 0.2) is 0 Å². The molecule has 0 amide bonds. The van der Waals surface area contributed by atoms with Gasteiger partial charge < -0.3 is 10.2 Å². The van der Waals surface area contributed by atoms with Crippen molar-refractivity contribution < 1.29 is 10.2 Å². The summed E-state index contributed by atoms with van der Waals surface area (Å²) >= 11 is 0. The van der Waals surface area contributed by atoms with E-state index in [1.54, 1.807) is 0 Å². The Labute approximate surface area is 130 Å². The fourth-order valence-electron chi connectivity index (χ4n) is 6.89. The maximum atomic E-state index is 11.6. The van der Waals surface area contributed by atoms with Crippen molar-refractivity contribution in [2.75, 3.05) is 0 Å². The molecule has 0 spiro atoms. The molecule has 0 saturated heterocycles. The van der Waals surface area contributed by atoms with Crippen LogP contribution in [-0.4, -0.2) is 21.9 Å². The first kappa shape index (κ1) is 15.8. The molecule has 0 aliphatic heterocycles. The zero-order valence-electron chi connectivity index (χ0n) is 14.3. The summed E-state index contributed by atoms with van der Waals surface area (Å²) in [5.41, 5.74) is -0.494. The molecule has 2 heteroatoms. The van der Waals surface area contributed by atoms with Crippen LogP contribution in [0.5, 0.6) is 0 Å². The predicted molar refractivity (Wildman–Crippen MR) is 85.9 cm³/mol. The molecule has 3 saturated carbocycles. The van der Waals surface area contributed by atoms with E-state index in [1.807, 2.05) is 0 Å². The SMILES string of the molecule is CCC1C(O)C2C(C)CCCC2(C)C2CCC(C)CC12O. The van der Waals surface area contributed by atoms with E-state index in [-0.39, 0.29) is 17.4 Å². The van der Waals surface area contributed by atoms with E-state index >= 15 is 0 Å². The van der Waals surface area contributed by atoms with Crippen molar-refractivity contribution in [3.05, 3.63) is 0 Å². The van der Waals surface area contributed by atoms with Gasteiger partial charge in [-0.2, -0.15) is 0 Å². The molecule has 122 valence electrons. The van der Waals surface area contributed by atoms with Gasteiger partial charge in [0, 0.05) is 5.92 Å². The van der Waals surface area contributed by atoms with E-state index in [0.717, 1.165) is 19.3 Å². The highest BCUT2D eigenvalue weighted by molar-refractivity contribution is 5.14. The first-order valence-electron chi connectivity index (χ1n) is 9.25. The maximum Gasteiger partial charge on any atom is 0.0736 e. The summed E-state index contributed by atoms with van der Waals surface area (Å²) < 4.78 is 0. The molecule has 2 N–H and O–H groups in total. The Morgan fingerprint density at radius 3 is 2.52 bits per heavy atom. The number of aliphatic hydroxyl groups is 2. The van der Waals surface area contributed by atoms with E-state index < -0.39 is 5.60 Å². The summed E-state index contributed by atoms with van der Waals surface area (Å²) in [6.45, 7) is 9.13. The highest BCUT2D eigenvalue weighted by Gasteiger charge is 2.64. The molecule has 2 nitrogen and oxygen atoms in total. The molecular weight excluding hydrogens is 260 g/mol. The highest BCUT2D eigenvalue weighted by atomic mass is 16.3. The summed E-state index contributed by atoms with van der Waals surface area (Å²) in [5.74, 6) is 2.03. The number of fused-ring (bicyclic) bond motifs is 3. The molecule has 0 heterocycles. The molecule has 8 unspecified atom stereocenters. The van der Waals surface area contributed by atoms with Gasteiger partial charge >= 0.3 is 0 Å². The number of rotatable bonds is 1. The van der Waals surface area contributed by atoms with Crippen molar-refractivity contribution in [2.24, 2.45) is 35.0 Å². The summed E-state index contributed by atoms with van der Waals surface area (Å²) in [6, 6.07) is 0. The topological polar surface area (TPSA) is 40.5 Å². The van der Waals surface area contributed by atoms with E-state index in [2.05, 4.69) is 27.7 Å². The predicted octanol–water partition coefficient (Wildman–Crippen LogP) is 4.00. The van der Waals surface area contributed by atoms with Gasteiger partial charge in [0.2, 0.25) is 0 Å². The third-order valence-corrected chi connectivity index (χ3v) is 7.63. The molecule has 0 aromatic carbocycles. The zero-order chi connectivity index (χ0) is 15.4. The van der Waals surface area contributed by atoms with Gasteiger partial charge in [-0.05, 0) is 54.8 Å². The number of aliphatic hydroxyl groups excluding tert-OH is 1. The van der Waals surface area contributed by atoms with Crippen molar-refractivity contribution in [1.82, 2.24) is 0 Å². The van der Waals surface area contributed by atoms with Gasteiger partial charge in [-0.25, -0.2) is 0 Å². The van der Waals surface area contributed by atoms with Gasteiger partial charge in [0.15, 0.2) is 0 Å². The lowest BCUT2D eigenvalue weighted by Crippen LogP contribution is -2.67. The van der Waals surface area contributed by atoms with Crippen LogP contribution in [0.2, 0.25) is 0 Å². The first-order valence-corrected chi connectivity index (χ1v) is 9.25. The Kier molecular flexibility index (Phi) is 3.94. The molecule has 0 aromatic rings. The molecule has 8 atom stereocenters. The fourth-order valence-corrected chi connectivity index (χ4v) is 6.89. The van der Waals surface area contributed by atoms with Crippen molar-refractivity contribution in [1.29, 1.82) is 0 Å². The van der Waals surface area contributed by atoms with Crippen LogP contribution in [0.3, 0.4) is 0 Å². The van der Waals surface area contributed by atoms with Crippen molar-refractivity contribution in [2.45, 2.75) is 84.3 Å². The van der Waals surface area contributed by atoms with E-state index in [0.29, 0.717) is 23.7 Å². The van der Waals surface area contributed by atoms with Crippen molar-refractivity contribution in [3.8, 4) is 0 Å². The van der Waals surface area contributed by atoms with Gasteiger partial charge in [-0.15, -0.1) is 0 Å². The Bertz CT molecular complexity index is 391. The number of hydrogen-bond donors (Lipinski definition) is 2. The van der Waals surface area contributed by atoms with E-state index in [9.17, 15) is 10.2 Å². The summed E-state index contributed by atoms with van der Waals surface area (Å²) in [7, 11) is 0. The summed E-state index contributed by atoms with van der Waals surface area (Å²) in [6.07, 6.45) is 7.58. The molecule has 0 bridgehead atoms. The third kappa shape index (κ3) is 2.12. The van der Waals surface area contributed by atoms with Crippen LogP contribution < -0.4 is 0 Å². The molecule has 3 rings (SSSR count). The Morgan fingerprint density at radius 1 is 1.14 bits per heavy atom. The van der Waals surface area contributed by atoms with E-state index in [4.69, 9.17) is 0 Å². The molecule has 3 fully saturated rings. The monoisotopic (exact) mass is 294 g/mol. The average Bonchev–Trinajstić information content (AvgIpc) is 2.37. The second kappa shape index (κ2) is 5.23. The molecule has 21 heavy (non-hydrogen) atoms. The Balaban J connectivity index is 2.05. The van der Waals surface area contributed by atoms with Gasteiger partial charge in [-0.1, -0.05) is 47.0 Å². The van der Waals surface area contributed by atoms with Crippen LogP contribution in [0.1, 0.15) is 72.6 Å². The van der Waals surface area contributed by atoms with Gasteiger partial charge in [0.05, 0.1) is 11.7 Å². The first-order chi connectivity index (χ1) is 9.84. The van der Waals surface area contributed by atoms with Gasteiger partial charge in [0.1, 0.15) is 0 Å². The van der Waals surface area contributed by atoms with Crippen LogP contribution in [-0.2, 0) is 0 Å². The summed E-state index contributed by atoms with van der Waals surface area (Å²) in [4.78, 5) is 0.